The van der Waals surface area contributed by atoms with Gasteiger partial charge in [0.15, 0.2) is 0 Å². The molecule has 0 saturated carbocycles. The maximum absolute atomic E-state index is 4.01. The molecule has 0 aliphatic rings. The molecule has 1 aromatic rings. The molecular weight excluding hydrogens is 400 g/mol. The van der Waals surface area contributed by atoms with E-state index in [2.05, 4.69) is 110 Å². The van der Waals surface area contributed by atoms with Crippen molar-refractivity contribution in [1.82, 2.24) is 4.86 Å². The van der Waals surface area contributed by atoms with Crippen molar-refractivity contribution in [3.05, 3.63) is 139 Å². The van der Waals surface area contributed by atoms with Crippen molar-refractivity contribution >= 4 is 21.4 Å². The highest BCUT2D eigenvalue weighted by Crippen LogP contribution is 2.58. The van der Waals surface area contributed by atoms with E-state index in [1.54, 1.807) is 0 Å². The van der Waals surface area contributed by atoms with E-state index >= 15 is 0 Å². The fourth-order valence-corrected chi connectivity index (χ4v) is 7.98. The number of hydrogen-bond acceptors (Lipinski definition) is 1. The summed E-state index contributed by atoms with van der Waals surface area (Å²) in [5, 5.41) is 4.94. The van der Waals surface area contributed by atoms with E-state index in [0.29, 0.717) is 0 Å². The van der Waals surface area contributed by atoms with Gasteiger partial charge in [-0.15, -0.1) is 0 Å². The van der Waals surface area contributed by atoms with E-state index in [9.17, 15) is 0 Å². The summed E-state index contributed by atoms with van der Waals surface area (Å²) in [7, 11) is -1.63. The molecule has 0 saturated heterocycles. The number of nitrogens with one attached hydrogen (secondary N) is 1. The summed E-state index contributed by atoms with van der Waals surface area (Å²) in [4.78, 5) is 4.01. The zero-order valence-corrected chi connectivity index (χ0v) is 20.1. The van der Waals surface area contributed by atoms with Gasteiger partial charge in [0.25, 0.3) is 0 Å². The SMILES string of the molecule is C=C/C=C\C(=C/C)P(NP(C(/C=C\C)=C/C=C)c1ccccc1)C(/C=C\C)=C/C=C. The molecule has 1 aromatic carbocycles. The molecule has 0 fully saturated rings. The molecule has 0 spiro atoms. The van der Waals surface area contributed by atoms with Crippen LogP contribution in [0.25, 0.3) is 0 Å². The number of rotatable bonds is 12. The van der Waals surface area contributed by atoms with Gasteiger partial charge >= 0.3 is 0 Å². The molecule has 0 aliphatic carbocycles. The Balaban J connectivity index is 3.64. The number of hydrogen-bond donors (Lipinski definition) is 1. The van der Waals surface area contributed by atoms with Crippen LogP contribution >= 0.6 is 16.1 Å². The van der Waals surface area contributed by atoms with Crippen LogP contribution in [0.2, 0.25) is 0 Å². The van der Waals surface area contributed by atoms with Crippen molar-refractivity contribution in [2.45, 2.75) is 20.8 Å². The van der Waals surface area contributed by atoms with Gasteiger partial charge in [0.1, 0.15) is 0 Å². The Morgan fingerprint density at radius 1 is 0.767 bits per heavy atom. The molecule has 1 rings (SSSR count). The third-order valence-electron chi connectivity index (χ3n) is 3.94. The average Bonchev–Trinajstić information content (AvgIpc) is 2.76. The Bertz CT molecular complexity index is 867. The lowest BCUT2D eigenvalue weighted by atomic mass is 10.4. The van der Waals surface area contributed by atoms with Gasteiger partial charge in [-0.2, -0.15) is 0 Å². The van der Waals surface area contributed by atoms with E-state index in [4.69, 9.17) is 0 Å². The second-order valence-electron chi connectivity index (χ2n) is 6.07. The first-order valence-electron chi connectivity index (χ1n) is 9.94. The third-order valence-corrected chi connectivity index (χ3v) is 8.91. The second kappa shape index (κ2) is 15.5. The summed E-state index contributed by atoms with van der Waals surface area (Å²) in [6, 6.07) is 10.6. The summed E-state index contributed by atoms with van der Waals surface area (Å²) >= 11 is 0. The van der Waals surface area contributed by atoms with E-state index in [1.807, 2.05) is 38.2 Å². The van der Waals surface area contributed by atoms with E-state index in [-0.39, 0.29) is 0 Å². The van der Waals surface area contributed by atoms with Crippen molar-refractivity contribution in [3.63, 3.8) is 0 Å². The molecule has 0 bridgehead atoms. The molecule has 0 heterocycles. The lowest BCUT2D eigenvalue weighted by Crippen LogP contribution is -2.13. The smallest absolute Gasteiger partial charge is 0.0294 e. The molecule has 0 aliphatic heterocycles. The van der Waals surface area contributed by atoms with Gasteiger partial charge in [-0.05, 0) is 42.0 Å². The predicted molar refractivity (Wildman–Crippen MR) is 142 cm³/mol. The molecule has 2 unspecified atom stereocenters. The highest BCUT2D eigenvalue weighted by Gasteiger charge is 2.23. The zero-order chi connectivity index (χ0) is 22.2. The largest absolute Gasteiger partial charge is 0.259 e. The molecule has 0 amide bonds. The van der Waals surface area contributed by atoms with Crippen LogP contribution in [0, 0.1) is 0 Å². The molecule has 2 atom stereocenters. The van der Waals surface area contributed by atoms with Crippen LogP contribution in [-0.4, -0.2) is 0 Å². The lowest BCUT2D eigenvalue weighted by Gasteiger charge is -2.29. The fraction of sp³-hybridized carbons (Fsp3) is 0.111. The van der Waals surface area contributed by atoms with Crippen molar-refractivity contribution < 1.29 is 0 Å². The molecular formula is C27H33NP2. The molecule has 30 heavy (non-hydrogen) atoms. The van der Waals surface area contributed by atoms with Crippen molar-refractivity contribution in [1.29, 1.82) is 0 Å². The molecule has 0 radical (unpaired) electrons. The molecule has 1 nitrogen and oxygen atoms in total. The lowest BCUT2D eigenvalue weighted by molar-refractivity contribution is 1.55. The summed E-state index contributed by atoms with van der Waals surface area (Å²) in [5.74, 6) is 0. The van der Waals surface area contributed by atoms with Crippen LogP contribution in [0.3, 0.4) is 0 Å². The van der Waals surface area contributed by atoms with Crippen LogP contribution < -0.4 is 10.2 Å². The fourth-order valence-electron chi connectivity index (χ4n) is 2.66. The highest BCUT2D eigenvalue weighted by molar-refractivity contribution is 7.81. The van der Waals surface area contributed by atoms with Gasteiger partial charge in [0, 0.05) is 16.1 Å². The van der Waals surface area contributed by atoms with E-state index in [1.165, 1.54) is 21.2 Å². The van der Waals surface area contributed by atoms with Gasteiger partial charge in [0.2, 0.25) is 0 Å². The third kappa shape index (κ3) is 8.21. The van der Waals surface area contributed by atoms with Crippen LogP contribution in [0.15, 0.2) is 139 Å². The summed E-state index contributed by atoms with van der Waals surface area (Å²) in [6.45, 7) is 17.9. The maximum atomic E-state index is 4.01. The Morgan fingerprint density at radius 3 is 1.90 bits per heavy atom. The Kier molecular flexibility index (Phi) is 13.3. The van der Waals surface area contributed by atoms with Gasteiger partial charge in [0.05, 0.1) is 0 Å². The summed E-state index contributed by atoms with van der Waals surface area (Å²) < 4.78 is 0. The van der Waals surface area contributed by atoms with Gasteiger partial charge < -0.3 is 0 Å². The molecule has 1 N–H and O–H groups in total. The van der Waals surface area contributed by atoms with Gasteiger partial charge in [-0.3, -0.25) is 4.86 Å². The molecule has 3 heteroatoms. The minimum atomic E-state index is -0.829. The zero-order valence-electron chi connectivity index (χ0n) is 18.3. The van der Waals surface area contributed by atoms with Crippen LogP contribution in [0.4, 0.5) is 0 Å². The monoisotopic (exact) mass is 433 g/mol. The maximum Gasteiger partial charge on any atom is 0.0294 e. The first kappa shape index (κ1) is 25.7. The van der Waals surface area contributed by atoms with Crippen LogP contribution in [0.1, 0.15) is 20.8 Å². The van der Waals surface area contributed by atoms with Crippen LogP contribution in [0.5, 0.6) is 0 Å². The van der Waals surface area contributed by atoms with Crippen molar-refractivity contribution in [3.8, 4) is 0 Å². The minimum absolute atomic E-state index is 0.805. The predicted octanol–water partition coefficient (Wildman–Crippen LogP) is 8.63. The topological polar surface area (TPSA) is 12.0 Å². The number of allylic oxidation sites excluding steroid dienone is 15. The highest BCUT2D eigenvalue weighted by atomic mass is 31.2. The average molecular weight is 434 g/mol. The Morgan fingerprint density at radius 2 is 1.37 bits per heavy atom. The Labute approximate surface area is 186 Å². The first-order chi connectivity index (χ1) is 14.7. The second-order valence-corrected chi connectivity index (χ2v) is 10.3. The van der Waals surface area contributed by atoms with E-state index < -0.39 is 16.1 Å². The van der Waals surface area contributed by atoms with Gasteiger partial charge in [-0.1, -0.05) is 123 Å². The van der Waals surface area contributed by atoms with Gasteiger partial charge in [-0.25, -0.2) is 0 Å². The summed E-state index contributed by atoms with van der Waals surface area (Å²) in [6.07, 6.45) is 24.5. The quantitative estimate of drug-likeness (QED) is 0.257. The normalized spacial score (nSPS) is 15.6. The minimum Gasteiger partial charge on any atom is -0.259 e. The van der Waals surface area contributed by atoms with Crippen molar-refractivity contribution in [2.75, 3.05) is 0 Å². The van der Waals surface area contributed by atoms with Crippen molar-refractivity contribution in [2.24, 2.45) is 0 Å². The van der Waals surface area contributed by atoms with E-state index in [0.717, 1.165) is 0 Å². The van der Waals surface area contributed by atoms with Crippen LogP contribution in [-0.2, 0) is 0 Å². The molecule has 156 valence electrons. The molecule has 0 aromatic heterocycles. The Hall–Kier alpha value is -2.30. The standard InChI is InChI=1S/C27H33NP2/c1-7-13-21-24(12-6)29(25(17-8-2)18-9-3)28-30(26(19-10-4)20-11-5)27-22-15-14-16-23-27/h7-23,28H,1-2,4H2,3,5-6H3/b18-9-,20-11-,21-13-,24-12+,25-17+,26-19+. The first-order valence-corrected chi connectivity index (χ1v) is 12.6. The number of benzene rings is 1. The summed E-state index contributed by atoms with van der Waals surface area (Å²) in [5.41, 5.74) is 0.